The second kappa shape index (κ2) is 9.51. The van der Waals surface area contributed by atoms with Gasteiger partial charge in [-0.15, -0.1) is 11.8 Å². The van der Waals surface area contributed by atoms with Crippen LogP contribution in [0.1, 0.15) is 12.8 Å². The SMILES string of the molecule is COc1ccc(NC(=O)CSc2ccc(S(=O)(=O)N3CCCC3)cc2)c(OC)c1. The lowest BCUT2D eigenvalue weighted by Crippen LogP contribution is -2.27. The van der Waals surface area contributed by atoms with Crippen LogP contribution in [0.4, 0.5) is 5.69 Å². The Balaban J connectivity index is 1.58. The standard InChI is InChI=1S/C20H24N2O5S2/c1-26-15-5-10-18(19(13-15)27-2)21-20(23)14-28-16-6-8-17(9-7-16)29(24,25)22-11-3-4-12-22/h5-10,13H,3-4,11-12,14H2,1-2H3,(H,21,23). The summed E-state index contributed by atoms with van der Waals surface area (Å²) in [5.74, 6) is 1.15. The van der Waals surface area contributed by atoms with Crippen LogP contribution in [0.15, 0.2) is 52.3 Å². The Morgan fingerprint density at radius 2 is 1.76 bits per heavy atom. The van der Waals surface area contributed by atoms with E-state index in [0.717, 1.165) is 17.7 Å². The van der Waals surface area contributed by atoms with Gasteiger partial charge < -0.3 is 14.8 Å². The molecule has 1 N–H and O–H groups in total. The van der Waals surface area contributed by atoms with Gasteiger partial charge in [0.2, 0.25) is 15.9 Å². The number of carbonyl (C=O) groups is 1. The van der Waals surface area contributed by atoms with Gasteiger partial charge in [0.15, 0.2) is 0 Å². The Kier molecular flexibility index (Phi) is 7.05. The van der Waals surface area contributed by atoms with E-state index in [4.69, 9.17) is 9.47 Å². The van der Waals surface area contributed by atoms with Crippen molar-refractivity contribution in [3.63, 3.8) is 0 Å². The number of ether oxygens (including phenoxy) is 2. The van der Waals surface area contributed by atoms with Gasteiger partial charge in [0.1, 0.15) is 11.5 Å². The van der Waals surface area contributed by atoms with E-state index in [1.807, 2.05) is 0 Å². The monoisotopic (exact) mass is 436 g/mol. The number of hydrogen-bond acceptors (Lipinski definition) is 6. The number of amides is 1. The number of sulfonamides is 1. The molecule has 3 rings (SSSR count). The number of nitrogens with zero attached hydrogens (tertiary/aromatic N) is 1. The van der Waals surface area contributed by atoms with Gasteiger partial charge in [-0.3, -0.25) is 4.79 Å². The summed E-state index contributed by atoms with van der Waals surface area (Å²) in [5, 5.41) is 2.81. The van der Waals surface area contributed by atoms with E-state index in [0.29, 0.717) is 30.3 Å². The van der Waals surface area contributed by atoms with Gasteiger partial charge in [0, 0.05) is 24.1 Å². The number of nitrogens with one attached hydrogen (secondary N) is 1. The van der Waals surface area contributed by atoms with E-state index in [9.17, 15) is 13.2 Å². The summed E-state index contributed by atoms with van der Waals surface area (Å²) < 4.78 is 37.1. The highest BCUT2D eigenvalue weighted by Crippen LogP contribution is 2.29. The van der Waals surface area contributed by atoms with E-state index >= 15 is 0 Å². The second-order valence-corrected chi connectivity index (χ2v) is 9.47. The minimum Gasteiger partial charge on any atom is -0.497 e. The van der Waals surface area contributed by atoms with Crippen LogP contribution in [-0.4, -0.2) is 51.7 Å². The third kappa shape index (κ3) is 5.23. The summed E-state index contributed by atoms with van der Waals surface area (Å²) in [6.07, 6.45) is 1.81. The van der Waals surface area contributed by atoms with E-state index in [1.165, 1.54) is 23.2 Å². The van der Waals surface area contributed by atoms with Crippen LogP contribution >= 0.6 is 11.8 Å². The minimum atomic E-state index is -3.42. The predicted octanol–water partition coefficient (Wildman–Crippen LogP) is 3.22. The molecule has 1 fully saturated rings. The lowest BCUT2D eigenvalue weighted by molar-refractivity contribution is -0.113. The first-order valence-electron chi connectivity index (χ1n) is 9.19. The molecule has 1 heterocycles. The van der Waals surface area contributed by atoms with Crippen molar-refractivity contribution in [3.05, 3.63) is 42.5 Å². The molecule has 0 bridgehead atoms. The van der Waals surface area contributed by atoms with Crippen molar-refractivity contribution in [2.75, 3.05) is 38.4 Å². The van der Waals surface area contributed by atoms with Gasteiger partial charge >= 0.3 is 0 Å². The molecule has 2 aromatic carbocycles. The van der Waals surface area contributed by atoms with Crippen LogP contribution in [0.25, 0.3) is 0 Å². The maximum atomic E-state index is 12.6. The molecule has 0 aliphatic carbocycles. The number of carbonyl (C=O) groups excluding carboxylic acids is 1. The van der Waals surface area contributed by atoms with Gasteiger partial charge in [-0.25, -0.2) is 8.42 Å². The molecule has 0 saturated carbocycles. The molecular weight excluding hydrogens is 412 g/mol. The zero-order chi connectivity index (χ0) is 20.9. The molecule has 156 valence electrons. The average molecular weight is 437 g/mol. The highest BCUT2D eigenvalue weighted by atomic mass is 32.2. The number of anilines is 1. The number of thioether (sulfide) groups is 1. The zero-order valence-corrected chi connectivity index (χ0v) is 18.0. The molecule has 1 amide bonds. The fourth-order valence-corrected chi connectivity index (χ4v) is 5.24. The Hall–Kier alpha value is -2.23. The van der Waals surface area contributed by atoms with Gasteiger partial charge in [-0.2, -0.15) is 4.31 Å². The third-order valence-electron chi connectivity index (χ3n) is 4.58. The summed E-state index contributed by atoms with van der Waals surface area (Å²) >= 11 is 1.33. The van der Waals surface area contributed by atoms with Crippen LogP contribution in [0.5, 0.6) is 11.5 Å². The van der Waals surface area contributed by atoms with E-state index < -0.39 is 10.0 Å². The Bertz CT molecular complexity index is 955. The molecule has 0 atom stereocenters. The van der Waals surface area contributed by atoms with Crippen molar-refractivity contribution in [1.82, 2.24) is 4.31 Å². The molecule has 1 aliphatic heterocycles. The molecule has 1 saturated heterocycles. The molecule has 29 heavy (non-hydrogen) atoms. The normalized spacial score (nSPS) is 14.6. The predicted molar refractivity (Wildman–Crippen MR) is 113 cm³/mol. The molecule has 2 aromatic rings. The summed E-state index contributed by atoms with van der Waals surface area (Å²) in [5.41, 5.74) is 0.561. The average Bonchev–Trinajstić information content (AvgIpc) is 3.29. The van der Waals surface area contributed by atoms with Crippen molar-refractivity contribution >= 4 is 33.4 Å². The minimum absolute atomic E-state index is 0.188. The number of rotatable bonds is 8. The smallest absolute Gasteiger partial charge is 0.243 e. The van der Waals surface area contributed by atoms with Crippen molar-refractivity contribution < 1.29 is 22.7 Å². The third-order valence-corrected chi connectivity index (χ3v) is 7.50. The number of hydrogen-bond donors (Lipinski definition) is 1. The first-order valence-corrected chi connectivity index (χ1v) is 11.6. The number of methoxy groups -OCH3 is 2. The van der Waals surface area contributed by atoms with Gasteiger partial charge in [-0.1, -0.05) is 0 Å². The van der Waals surface area contributed by atoms with E-state index in [-0.39, 0.29) is 16.6 Å². The fourth-order valence-electron chi connectivity index (χ4n) is 3.02. The van der Waals surface area contributed by atoms with Crippen molar-refractivity contribution in [1.29, 1.82) is 0 Å². The van der Waals surface area contributed by atoms with Crippen LogP contribution in [0.3, 0.4) is 0 Å². The molecule has 0 aromatic heterocycles. The Morgan fingerprint density at radius 3 is 2.38 bits per heavy atom. The van der Waals surface area contributed by atoms with Crippen molar-refractivity contribution in [3.8, 4) is 11.5 Å². The molecule has 1 aliphatic rings. The Morgan fingerprint density at radius 1 is 1.07 bits per heavy atom. The van der Waals surface area contributed by atoms with Crippen LogP contribution in [-0.2, 0) is 14.8 Å². The maximum Gasteiger partial charge on any atom is 0.243 e. The molecule has 7 nitrogen and oxygen atoms in total. The maximum absolute atomic E-state index is 12.6. The summed E-state index contributed by atoms with van der Waals surface area (Å²) in [6, 6.07) is 11.8. The number of benzene rings is 2. The first kappa shape index (κ1) is 21.5. The molecule has 0 radical (unpaired) electrons. The first-order chi connectivity index (χ1) is 13.9. The second-order valence-electron chi connectivity index (χ2n) is 6.49. The zero-order valence-electron chi connectivity index (χ0n) is 16.4. The topological polar surface area (TPSA) is 84.9 Å². The van der Waals surface area contributed by atoms with Gasteiger partial charge in [0.05, 0.1) is 30.6 Å². The molecule has 0 unspecified atom stereocenters. The summed E-state index contributed by atoms with van der Waals surface area (Å²) in [7, 11) is -0.335. The highest BCUT2D eigenvalue weighted by Gasteiger charge is 2.26. The van der Waals surface area contributed by atoms with Crippen LogP contribution in [0.2, 0.25) is 0 Å². The molecular formula is C20H24N2O5S2. The fraction of sp³-hybridized carbons (Fsp3) is 0.350. The van der Waals surface area contributed by atoms with Crippen LogP contribution < -0.4 is 14.8 Å². The van der Waals surface area contributed by atoms with Gasteiger partial charge in [-0.05, 0) is 49.2 Å². The lowest BCUT2D eigenvalue weighted by atomic mass is 10.2. The molecule has 0 spiro atoms. The van der Waals surface area contributed by atoms with E-state index in [2.05, 4.69) is 5.32 Å². The van der Waals surface area contributed by atoms with Gasteiger partial charge in [0.25, 0.3) is 0 Å². The summed E-state index contributed by atoms with van der Waals surface area (Å²) in [6.45, 7) is 1.15. The quantitative estimate of drug-likeness (QED) is 0.640. The highest BCUT2D eigenvalue weighted by molar-refractivity contribution is 8.00. The van der Waals surface area contributed by atoms with E-state index in [1.54, 1.807) is 49.6 Å². The van der Waals surface area contributed by atoms with Crippen molar-refractivity contribution in [2.24, 2.45) is 0 Å². The van der Waals surface area contributed by atoms with Crippen molar-refractivity contribution in [2.45, 2.75) is 22.6 Å². The summed E-state index contributed by atoms with van der Waals surface area (Å²) in [4.78, 5) is 13.4. The van der Waals surface area contributed by atoms with Crippen LogP contribution in [0, 0.1) is 0 Å². The Labute approximate surface area is 175 Å². The molecule has 9 heteroatoms. The largest absolute Gasteiger partial charge is 0.497 e. The lowest BCUT2D eigenvalue weighted by Gasteiger charge is -2.15.